The largest absolute Gasteiger partial charge is 0.491 e. The quantitative estimate of drug-likeness (QED) is 0.836. The smallest absolute Gasteiger partial charge is 0.125 e. The summed E-state index contributed by atoms with van der Waals surface area (Å²) >= 11 is 0. The molecule has 5 heteroatoms. The van der Waals surface area contributed by atoms with E-state index in [-0.39, 0.29) is 12.4 Å². The van der Waals surface area contributed by atoms with Crippen molar-refractivity contribution in [3.8, 4) is 5.75 Å². The number of hydrogen-bond donors (Lipinski definition) is 2. The van der Waals surface area contributed by atoms with Crippen LogP contribution >= 0.6 is 0 Å². The van der Waals surface area contributed by atoms with Gasteiger partial charge in [-0.25, -0.2) is 9.37 Å². The van der Waals surface area contributed by atoms with Crippen molar-refractivity contribution in [3.05, 3.63) is 54.5 Å². The molecular weight excluding hydrogens is 247 g/mol. The molecule has 1 aromatic carbocycles. The van der Waals surface area contributed by atoms with Gasteiger partial charge in [0, 0.05) is 12.7 Å². The first kappa shape index (κ1) is 13.3. The molecule has 1 unspecified atom stereocenters. The lowest BCUT2D eigenvalue weighted by molar-refractivity contribution is 0.117. The van der Waals surface area contributed by atoms with E-state index in [1.165, 1.54) is 24.3 Å². The number of anilines is 1. The zero-order chi connectivity index (χ0) is 13.5. The number of halogens is 1. The van der Waals surface area contributed by atoms with E-state index in [9.17, 15) is 9.50 Å². The Morgan fingerprint density at radius 3 is 2.68 bits per heavy atom. The second-order valence-electron chi connectivity index (χ2n) is 4.01. The maximum Gasteiger partial charge on any atom is 0.125 e. The van der Waals surface area contributed by atoms with Crippen molar-refractivity contribution in [2.75, 3.05) is 18.5 Å². The molecule has 0 aliphatic carbocycles. The normalized spacial score (nSPS) is 11.9. The maximum absolute atomic E-state index is 12.7. The Balaban J connectivity index is 1.72. The molecule has 0 bridgehead atoms. The SMILES string of the molecule is OC(CNc1ccccn1)COc1ccc(F)cc1. The second kappa shape index (κ2) is 6.70. The Morgan fingerprint density at radius 1 is 1.21 bits per heavy atom. The molecule has 1 heterocycles. The molecule has 0 spiro atoms. The summed E-state index contributed by atoms with van der Waals surface area (Å²) in [5.74, 6) is 0.909. The third-order valence-corrected chi connectivity index (χ3v) is 2.44. The minimum atomic E-state index is -0.674. The van der Waals surface area contributed by atoms with E-state index in [0.717, 1.165) is 0 Å². The molecule has 0 saturated heterocycles. The van der Waals surface area contributed by atoms with E-state index in [1.54, 1.807) is 6.20 Å². The number of nitrogens with one attached hydrogen (secondary N) is 1. The first-order valence-corrected chi connectivity index (χ1v) is 5.95. The van der Waals surface area contributed by atoms with Crippen LogP contribution in [0, 0.1) is 5.82 Å². The first-order valence-electron chi connectivity index (χ1n) is 5.95. The number of aromatic nitrogens is 1. The molecule has 2 aromatic rings. The Kier molecular flexibility index (Phi) is 4.69. The summed E-state index contributed by atoms with van der Waals surface area (Å²) in [7, 11) is 0. The number of benzene rings is 1. The molecule has 100 valence electrons. The van der Waals surface area contributed by atoms with Gasteiger partial charge < -0.3 is 15.2 Å². The fourth-order valence-corrected chi connectivity index (χ4v) is 1.47. The zero-order valence-electron chi connectivity index (χ0n) is 10.3. The summed E-state index contributed by atoms with van der Waals surface area (Å²) in [6.45, 7) is 0.462. The maximum atomic E-state index is 12.7. The number of rotatable bonds is 6. The molecule has 0 radical (unpaired) electrons. The van der Waals surface area contributed by atoms with E-state index in [4.69, 9.17) is 4.74 Å². The number of ether oxygens (including phenoxy) is 1. The van der Waals surface area contributed by atoms with Crippen LogP contribution in [0.2, 0.25) is 0 Å². The summed E-state index contributed by atoms with van der Waals surface area (Å²) < 4.78 is 18.0. The summed E-state index contributed by atoms with van der Waals surface area (Å²) in [4.78, 5) is 4.07. The van der Waals surface area contributed by atoms with Crippen molar-refractivity contribution in [2.24, 2.45) is 0 Å². The average molecular weight is 262 g/mol. The van der Waals surface area contributed by atoms with E-state index in [2.05, 4.69) is 10.3 Å². The van der Waals surface area contributed by atoms with Crippen molar-refractivity contribution in [3.63, 3.8) is 0 Å². The number of hydrogen-bond acceptors (Lipinski definition) is 4. The van der Waals surface area contributed by atoms with Gasteiger partial charge >= 0.3 is 0 Å². The van der Waals surface area contributed by atoms with Crippen LogP contribution in [-0.4, -0.2) is 29.3 Å². The fourth-order valence-electron chi connectivity index (χ4n) is 1.47. The van der Waals surface area contributed by atoms with Crippen LogP contribution in [0.1, 0.15) is 0 Å². The predicted molar refractivity (Wildman–Crippen MR) is 70.6 cm³/mol. The molecule has 2 N–H and O–H groups in total. The van der Waals surface area contributed by atoms with Crippen LogP contribution in [0.25, 0.3) is 0 Å². The third kappa shape index (κ3) is 4.56. The Morgan fingerprint density at radius 2 is 2.00 bits per heavy atom. The van der Waals surface area contributed by atoms with Gasteiger partial charge in [-0.15, -0.1) is 0 Å². The molecule has 1 aromatic heterocycles. The molecule has 19 heavy (non-hydrogen) atoms. The van der Waals surface area contributed by atoms with Crippen molar-refractivity contribution in [1.29, 1.82) is 0 Å². The van der Waals surface area contributed by atoms with Crippen molar-refractivity contribution in [1.82, 2.24) is 4.98 Å². The minimum absolute atomic E-state index is 0.130. The molecule has 4 nitrogen and oxygen atoms in total. The molecule has 0 fully saturated rings. The monoisotopic (exact) mass is 262 g/mol. The Hall–Kier alpha value is -2.14. The summed E-state index contributed by atoms with van der Waals surface area (Å²) in [6, 6.07) is 11.2. The highest BCUT2D eigenvalue weighted by Gasteiger charge is 2.05. The lowest BCUT2D eigenvalue weighted by atomic mass is 10.3. The van der Waals surface area contributed by atoms with Crippen LogP contribution in [0.15, 0.2) is 48.7 Å². The third-order valence-electron chi connectivity index (χ3n) is 2.44. The highest BCUT2D eigenvalue weighted by molar-refractivity contribution is 5.33. The molecule has 1 atom stereocenters. The number of aliphatic hydroxyl groups is 1. The van der Waals surface area contributed by atoms with Crippen LogP contribution in [0.3, 0.4) is 0 Å². The van der Waals surface area contributed by atoms with Crippen LogP contribution in [0.5, 0.6) is 5.75 Å². The zero-order valence-corrected chi connectivity index (χ0v) is 10.3. The molecule has 0 amide bonds. The topological polar surface area (TPSA) is 54.4 Å². The lowest BCUT2D eigenvalue weighted by Crippen LogP contribution is -2.26. The van der Waals surface area contributed by atoms with Gasteiger partial charge in [-0.1, -0.05) is 6.07 Å². The van der Waals surface area contributed by atoms with Gasteiger partial charge in [0.2, 0.25) is 0 Å². The van der Waals surface area contributed by atoms with E-state index in [0.29, 0.717) is 18.1 Å². The fraction of sp³-hybridized carbons (Fsp3) is 0.214. The highest BCUT2D eigenvalue weighted by atomic mass is 19.1. The molecule has 2 rings (SSSR count). The van der Waals surface area contributed by atoms with Crippen LogP contribution in [-0.2, 0) is 0 Å². The van der Waals surface area contributed by atoms with Crippen molar-refractivity contribution < 1.29 is 14.2 Å². The van der Waals surface area contributed by atoms with Crippen LogP contribution < -0.4 is 10.1 Å². The number of nitrogens with zero attached hydrogens (tertiary/aromatic N) is 1. The predicted octanol–water partition coefficient (Wildman–Crippen LogP) is 2.07. The van der Waals surface area contributed by atoms with Gasteiger partial charge in [0.15, 0.2) is 0 Å². The Bertz CT molecular complexity index is 491. The summed E-state index contributed by atoms with van der Waals surface area (Å²) in [5.41, 5.74) is 0. The van der Waals surface area contributed by atoms with Gasteiger partial charge in [-0.2, -0.15) is 0 Å². The lowest BCUT2D eigenvalue weighted by Gasteiger charge is -2.13. The van der Waals surface area contributed by atoms with Gasteiger partial charge in [0.1, 0.15) is 30.1 Å². The molecule has 0 saturated carbocycles. The number of pyridine rings is 1. The minimum Gasteiger partial charge on any atom is -0.491 e. The molecule has 0 aliphatic heterocycles. The van der Waals surface area contributed by atoms with E-state index < -0.39 is 6.10 Å². The first-order chi connectivity index (χ1) is 9.24. The van der Waals surface area contributed by atoms with Gasteiger partial charge in [0.05, 0.1) is 0 Å². The molecule has 0 aliphatic rings. The van der Waals surface area contributed by atoms with E-state index in [1.807, 2.05) is 18.2 Å². The second-order valence-corrected chi connectivity index (χ2v) is 4.01. The van der Waals surface area contributed by atoms with Crippen molar-refractivity contribution in [2.45, 2.75) is 6.10 Å². The summed E-state index contributed by atoms with van der Waals surface area (Å²) in [5, 5.41) is 12.7. The number of aliphatic hydroxyl groups excluding tert-OH is 1. The van der Waals surface area contributed by atoms with Gasteiger partial charge in [0.25, 0.3) is 0 Å². The van der Waals surface area contributed by atoms with Gasteiger partial charge in [-0.05, 0) is 36.4 Å². The average Bonchev–Trinajstić information content (AvgIpc) is 2.45. The molecular formula is C14H15FN2O2. The Labute approximate surface area is 110 Å². The van der Waals surface area contributed by atoms with Gasteiger partial charge in [-0.3, -0.25) is 0 Å². The highest BCUT2D eigenvalue weighted by Crippen LogP contribution is 2.11. The van der Waals surface area contributed by atoms with Crippen molar-refractivity contribution >= 4 is 5.82 Å². The van der Waals surface area contributed by atoms with Crippen LogP contribution in [0.4, 0.5) is 10.2 Å². The van der Waals surface area contributed by atoms with E-state index >= 15 is 0 Å². The standard InChI is InChI=1S/C14H15FN2O2/c15-11-4-6-13(7-5-11)19-10-12(18)9-17-14-3-1-2-8-16-14/h1-8,12,18H,9-10H2,(H,16,17). The summed E-state index contributed by atoms with van der Waals surface area (Å²) in [6.07, 6.45) is 0.996.